The van der Waals surface area contributed by atoms with Gasteiger partial charge in [-0.25, -0.2) is 4.98 Å². The van der Waals surface area contributed by atoms with Gasteiger partial charge in [-0.3, -0.25) is 0 Å². The number of rotatable bonds is 6. The number of aliphatic hydroxyl groups is 1. The van der Waals surface area contributed by atoms with Gasteiger partial charge in [-0.15, -0.1) is 11.3 Å². The molecular formula is C17H24N2OS. The van der Waals surface area contributed by atoms with Crippen LogP contribution in [0.1, 0.15) is 48.5 Å². The molecule has 0 amide bonds. The number of thiazole rings is 1. The van der Waals surface area contributed by atoms with Gasteiger partial charge in [-0.2, -0.15) is 0 Å². The standard InChI is InChI=1S/C17H24N2OS/c1-12(16-19-13(2)11-21-16)9-18-10-14-5-7-15(8-6-14)17(3,4)20/h5-8,11-12,18,20H,9-10H2,1-4H3. The summed E-state index contributed by atoms with van der Waals surface area (Å²) in [5.41, 5.74) is 2.50. The van der Waals surface area contributed by atoms with E-state index in [4.69, 9.17) is 0 Å². The van der Waals surface area contributed by atoms with Crippen molar-refractivity contribution < 1.29 is 5.11 Å². The Kier molecular flexibility index (Phi) is 5.14. The van der Waals surface area contributed by atoms with Crippen molar-refractivity contribution in [2.45, 2.75) is 45.8 Å². The molecule has 1 heterocycles. The lowest BCUT2D eigenvalue weighted by molar-refractivity contribution is 0.0786. The first-order chi connectivity index (χ1) is 9.86. The van der Waals surface area contributed by atoms with E-state index in [1.165, 1.54) is 10.6 Å². The third kappa shape index (κ3) is 4.63. The fourth-order valence-corrected chi connectivity index (χ4v) is 3.01. The van der Waals surface area contributed by atoms with E-state index in [-0.39, 0.29) is 0 Å². The summed E-state index contributed by atoms with van der Waals surface area (Å²) in [6, 6.07) is 8.12. The fourth-order valence-electron chi connectivity index (χ4n) is 2.15. The first-order valence-corrected chi connectivity index (χ1v) is 8.19. The molecule has 0 fully saturated rings. The number of hydrogen-bond acceptors (Lipinski definition) is 4. The normalized spacial score (nSPS) is 13.4. The predicted octanol–water partition coefficient (Wildman–Crippen LogP) is 3.57. The Hall–Kier alpha value is -1.23. The summed E-state index contributed by atoms with van der Waals surface area (Å²) in [6.45, 7) is 9.59. The monoisotopic (exact) mass is 304 g/mol. The van der Waals surface area contributed by atoms with E-state index >= 15 is 0 Å². The summed E-state index contributed by atoms with van der Waals surface area (Å²) in [5, 5.41) is 16.7. The SMILES string of the molecule is Cc1csc(C(C)CNCc2ccc(C(C)(C)O)cc2)n1. The maximum absolute atomic E-state index is 9.94. The van der Waals surface area contributed by atoms with E-state index in [1.807, 2.05) is 19.1 Å². The Bertz CT molecular complexity index is 569. The molecule has 4 heteroatoms. The summed E-state index contributed by atoms with van der Waals surface area (Å²) in [7, 11) is 0. The molecular weight excluding hydrogens is 280 g/mol. The molecule has 2 rings (SSSR count). The van der Waals surface area contributed by atoms with Gasteiger partial charge < -0.3 is 10.4 Å². The largest absolute Gasteiger partial charge is 0.386 e. The van der Waals surface area contributed by atoms with Crippen molar-refractivity contribution in [2.75, 3.05) is 6.54 Å². The molecule has 1 atom stereocenters. The van der Waals surface area contributed by atoms with Gasteiger partial charge in [0.1, 0.15) is 0 Å². The molecule has 1 aromatic heterocycles. The molecule has 0 aliphatic carbocycles. The van der Waals surface area contributed by atoms with Gasteiger partial charge in [0.2, 0.25) is 0 Å². The second-order valence-electron chi connectivity index (χ2n) is 6.12. The van der Waals surface area contributed by atoms with Crippen LogP contribution < -0.4 is 5.32 Å². The van der Waals surface area contributed by atoms with Crippen LogP contribution in [0.5, 0.6) is 0 Å². The highest BCUT2D eigenvalue weighted by molar-refractivity contribution is 7.09. The van der Waals surface area contributed by atoms with Gasteiger partial charge in [-0.1, -0.05) is 31.2 Å². The van der Waals surface area contributed by atoms with Crippen LogP contribution in [0.4, 0.5) is 0 Å². The predicted molar refractivity (Wildman–Crippen MR) is 88.7 cm³/mol. The summed E-state index contributed by atoms with van der Waals surface area (Å²) in [4.78, 5) is 4.53. The van der Waals surface area contributed by atoms with E-state index in [1.54, 1.807) is 25.2 Å². The van der Waals surface area contributed by atoms with Crippen LogP contribution in [-0.2, 0) is 12.1 Å². The number of aryl methyl sites for hydroxylation is 1. The molecule has 1 unspecified atom stereocenters. The maximum Gasteiger partial charge on any atom is 0.0969 e. The Morgan fingerprint density at radius 1 is 1.29 bits per heavy atom. The van der Waals surface area contributed by atoms with Crippen LogP contribution >= 0.6 is 11.3 Å². The maximum atomic E-state index is 9.94. The molecule has 0 saturated heterocycles. The number of aromatic nitrogens is 1. The van der Waals surface area contributed by atoms with E-state index in [0.29, 0.717) is 5.92 Å². The molecule has 1 aromatic carbocycles. The highest BCUT2D eigenvalue weighted by Gasteiger charge is 2.15. The summed E-state index contributed by atoms with van der Waals surface area (Å²) in [6.07, 6.45) is 0. The van der Waals surface area contributed by atoms with Gasteiger partial charge in [0, 0.05) is 30.1 Å². The van der Waals surface area contributed by atoms with E-state index in [9.17, 15) is 5.11 Å². The third-order valence-corrected chi connectivity index (χ3v) is 4.69. The molecule has 0 aliphatic rings. The van der Waals surface area contributed by atoms with Gasteiger partial charge >= 0.3 is 0 Å². The molecule has 0 spiro atoms. The highest BCUT2D eigenvalue weighted by atomic mass is 32.1. The molecule has 0 bridgehead atoms. The van der Waals surface area contributed by atoms with Gasteiger partial charge in [0.05, 0.1) is 10.6 Å². The molecule has 3 nitrogen and oxygen atoms in total. The first-order valence-electron chi connectivity index (χ1n) is 7.31. The lowest BCUT2D eigenvalue weighted by Crippen LogP contribution is -2.20. The average molecular weight is 304 g/mol. The number of nitrogens with one attached hydrogen (secondary N) is 1. The number of nitrogens with zero attached hydrogens (tertiary/aromatic N) is 1. The summed E-state index contributed by atoms with van der Waals surface area (Å²) >= 11 is 1.73. The summed E-state index contributed by atoms with van der Waals surface area (Å²) in [5.74, 6) is 0.430. The number of hydrogen-bond donors (Lipinski definition) is 2. The Morgan fingerprint density at radius 3 is 2.48 bits per heavy atom. The van der Waals surface area contributed by atoms with Crippen molar-refractivity contribution in [3.05, 3.63) is 51.5 Å². The van der Waals surface area contributed by atoms with Gasteiger partial charge in [-0.05, 0) is 31.9 Å². The van der Waals surface area contributed by atoms with Crippen molar-refractivity contribution in [3.8, 4) is 0 Å². The van der Waals surface area contributed by atoms with Gasteiger partial charge in [0.25, 0.3) is 0 Å². The van der Waals surface area contributed by atoms with E-state index in [2.05, 4.69) is 34.7 Å². The van der Waals surface area contributed by atoms with Crippen LogP contribution in [0.25, 0.3) is 0 Å². The minimum absolute atomic E-state index is 0.430. The zero-order valence-electron chi connectivity index (χ0n) is 13.2. The fraction of sp³-hybridized carbons (Fsp3) is 0.471. The average Bonchev–Trinajstić information content (AvgIpc) is 2.85. The van der Waals surface area contributed by atoms with Crippen molar-refractivity contribution >= 4 is 11.3 Å². The zero-order valence-corrected chi connectivity index (χ0v) is 14.0. The molecule has 0 radical (unpaired) electrons. The van der Waals surface area contributed by atoms with E-state index < -0.39 is 5.60 Å². The molecule has 21 heavy (non-hydrogen) atoms. The first kappa shape index (κ1) is 16.1. The van der Waals surface area contributed by atoms with Crippen molar-refractivity contribution in [1.29, 1.82) is 0 Å². The van der Waals surface area contributed by atoms with Gasteiger partial charge in [0.15, 0.2) is 0 Å². The van der Waals surface area contributed by atoms with Crippen LogP contribution in [0.3, 0.4) is 0 Å². The second kappa shape index (κ2) is 6.69. The molecule has 2 aromatic rings. The second-order valence-corrected chi connectivity index (χ2v) is 7.00. The third-order valence-electron chi connectivity index (χ3n) is 3.50. The van der Waals surface area contributed by atoms with Crippen LogP contribution in [-0.4, -0.2) is 16.6 Å². The lowest BCUT2D eigenvalue weighted by Gasteiger charge is -2.18. The molecule has 114 valence electrons. The van der Waals surface area contributed by atoms with Crippen LogP contribution in [0, 0.1) is 6.92 Å². The lowest BCUT2D eigenvalue weighted by atomic mass is 9.97. The quantitative estimate of drug-likeness (QED) is 0.857. The van der Waals surface area contributed by atoms with Crippen LogP contribution in [0.15, 0.2) is 29.6 Å². The minimum Gasteiger partial charge on any atom is -0.386 e. The van der Waals surface area contributed by atoms with Crippen LogP contribution in [0.2, 0.25) is 0 Å². The molecule has 0 saturated carbocycles. The van der Waals surface area contributed by atoms with E-state index in [0.717, 1.165) is 24.3 Å². The Morgan fingerprint density at radius 2 is 1.95 bits per heavy atom. The Balaban J connectivity index is 1.83. The molecule has 2 N–H and O–H groups in total. The Labute approximate surface area is 131 Å². The molecule has 0 aliphatic heterocycles. The summed E-state index contributed by atoms with van der Waals surface area (Å²) < 4.78 is 0. The van der Waals surface area contributed by atoms with Crippen molar-refractivity contribution in [1.82, 2.24) is 10.3 Å². The highest BCUT2D eigenvalue weighted by Crippen LogP contribution is 2.20. The van der Waals surface area contributed by atoms with Crippen molar-refractivity contribution in [2.24, 2.45) is 0 Å². The van der Waals surface area contributed by atoms with Crippen molar-refractivity contribution in [3.63, 3.8) is 0 Å². The number of benzene rings is 1. The smallest absolute Gasteiger partial charge is 0.0969 e. The topological polar surface area (TPSA) is 45.1 Å². The minimum atomic E-state index is -0.775. The zero-order chi connectivity index (χ0) is 15.5.